The maximum absolute atomic E-state index is 5.82. The summed E-state index contributed by atoms with van der Waals surface area (Å²) in [6.45, 7) is 0.844. The predicted molar refractivity (Wildman–Crippen MR) is 115 cm³/mol. The van der Waals surface area contributed by atoms with E-state index in [1.165, 1.54) is 41.7 Å². The van der Waals surface area contributed by atoms with Gasteiger partial charge in [0.1, 0.15) is 0 Å². The van der Waals surface area contributed by atoms with Gasteiger partial charge in [0.05, 0.1) is 6.04 Å². The fourth-order valence-corrected chi connectivity index (χ4v) is 4.73. The van der Waals surface area contributed by atoms with Crippen molar-refractivity contribution in [2.45, 2.75) is 44.7 Å². The average molecular weight is 427 g/mol. The molecule has 0 amide bonds. The summed E-state index contributed by atoms with van der Waals surface area (Å²) < 4.78 is 1.12. The van der Waals surface area contributed by atoms with Crippen LogP contribution in [-0.2, 0) is 6.54 Å². The molecule has 1 aliphatic carbocycles. The third-order valence-corrected chi connectivity index (χ3v) is 6.11. The Morgan fingerprint density at radius 3 is 2.62 bits per heavy atom. The van der Waals surface area contributed by atoms with Gasteiger partial charge in [-0.15, -0.1) is 0 Å². The molecule has 134 valence electrons. The second kappa shape index (κ2) is 7.93. The summed E-state index contributed by atoms with van der Waals surface area (Å²) >= 11 is 9.43. The van der Waals surface area contributed by atoms with Crippen LogP contribution in [0, 0.1) is 0 Å². The highest BCUT2D eigenvalue weighted by Crippen LogP contribution is 2.39. The first-order chi connectivity index (χ1) is 12.7. The number of allylic oxidation sites excluding steroid dienone is 1. The number of benzene rings is 2. The van der Waals surface area contributed by atoms with Crippen LogP contribution in [0.3, 0.4) is 0 Å². The van der Waals surface area contributed by atoms with Crippen molar-refractivity contribution in [2.75, 3.05) is 0 Å². The molecule has 0 saturated carbocycles. The van der Waals surface area contributed by atoms with Crippen LogP contribution in [0.4, 0.5) is 0 Å². The molecule has 0 fully saturated rings. The summed E-state index contributed by atoms with van der Waals surface area (Å²) in [7, 11) is 0. The minimum atomic E-state index is 0.195. The number of halogens is 1. The number of nitrogens with one attached hydrogen (secondary N) is 1. The Bertz CT molecular complexity index is 831. The molecule has 0 saturated heterocycles. The number of thiocarbonyl (C=S) groups is 1. The van der Waals surface area contributed by atoms with Crippen molar-refractivity contribution < 1.29 is 0 Å². The smallest absolute Gasteiger partial charge is 0.174 e. The van der Waals surface area contributed by atoms with Crippen LogP contribution in [0.15, 0.2) is 70.3 Å². The van der Waals surface area contributed by atoms with Gasteiger partial charge >= 0.3 is 0 Å². The molecule has 1 aliphatic heterocycles. The van der Waals surface area contributed by atoms with Crippen LogP contribution in [0.5, 0.6) is 0 Å². The van der Waals surface area contributed by atoms with Crippen molar-refractivity contribution in [2.24, 2.45) is 0 Å². The standard InChI is InChI=1S/C22H23BrN2S/c23-18-11-7-10-17(14-18)21-19-12-5-2-6-13-20(19)25(22(26)24-21)15-16-8-3-1-4-9-16/h1,3-4,7-11,14,21H,2,5-6,12-13,15H2,(H,24,26)/t21-/m0/s1. The molecule has 4 heteroatoms. The zero-order chi connectivity index (χ0) is 17.9. The van der Waals surface area contributed by atoms with E-state index in [1.54, 1.807) is 0 Å². The molecule has 26 heavy (non-hydrogen) atoms. The minimum Gasteiger partial charge on any atom is -0.352 e. The van der Waals surface area contributed by atoms with Crippen LogP contribution in [0.2, 0.25) is 0 Å². The van der Waals surface area contributed by atoms with Crippen molar-refractivity contribution >= 4 is 33.3 Å². The van der Waals surface area contributed by atoms with Gasteiger partial charge in [-0.2, -0.15) is 0 Å². The fourth-order valence-electron chi connectivity index (χ4n) is 4.02. The fraction of sp³-hybridized carbons (Fsp3) is 0.318. The van der Waals surface area contributed by atoms with Crippen LogP contribution in [-0.4, -0.2) is 10.0 Å². The Labute approximate surface area is 169 Å². The van der Waals surface area contributed by atoms with Crippen molar-refractivity contribution in [3.63, 3.8) is 0 Å². The minimum absolute atomic E-state index is 0.195. The van der Waals surface area contributed by atoms with E-state index in [0.29, 0.717) is 0 Å². The van der Waals surface area contributed by atoms with Crippen molar-refractivity contribution in [1.29, 1.82) is 0 Å². The summed E-state index contributed by atoms with van der Waals surface area (Å²) in [6.07, 6.45) is 6.07. The van der Waals surface area contributed by atoms with Crippen LogP contribution in [0.1, 0.15) is 49.3 Å². The average Bonchev–Trinajstić information content (AvgIpc) is 2.91. The highest BCUT2D eigenvalue weighted by molar-refractivity contribution is 9.10. The zero-order valence-corrected chi connectivity index (χ0v) is 17.2. The Kier molecular flexibility index (Phi) is 5.41. The lowest BCUT2D eigenvalue weighted by Gasteiger charge is -2.39. The second-order valence-corrected chi connectivity index (χ2v) is 8.34. The van der Waals surface area contributed by atoms with Gasteiger partial charge in [-0.25, -0.2) is 0 Å². The lowest BCUT2D eigenvalue weighted by atomic mass is 9.91. The molecule has 0 unspecified atom stereocenters. The second-order valence-electron chi connectivity index (χ2n) is 7.04. The number of hydrogen-bond acceptors (Lipinski definition) is 1. The highest BCUT2D eigenvalue weighted by Gasteiger charge is 2.32. The summed E-state index contributed by atoms with van der Waals surface area (Å²) in [5, 5.41) is 4.48. The van der Waals surface area contributed by atoms with E-state index in [2.05, 4.69) is 80.7 Å². The van der Waals surface area contributed by atoms with Crippen LogP contribution < -0.4 is 5.32 Å². The molecule has 4 rings (SSSR count). The van der Waals surface area contributed by atoms with Crippen molar-refractivity contribution in [3.8, 4) is 0 Å². The molecule has 2 aliphatic rings. The Morgan fingerprint density at radius 1 is 1.00 bits per heavy atom. The van der Waals surface area contributed by atoms with Gasteiger partial charge in [-0.05, 0) is 66.7 Å². The Morgan fingerprint density at radius 2 is 1.81 bits per heavy atom. The normalized spacial score (nSPS) is 20.4. The molecule has 0 radical (unpaired) electrons. The first-order valence-corrected chi connectivity index (χ1v) is 10.5. The van der Waals surface area contributed by atoms with Crippen molar-refractivity contribution in [1.82, 2.24) is 10.2 Å². The highest BCUT2D eigenvalue weighted by atomic mass is 79.9. The van der Waals surface area contributed by atoms with Gasteiger partial charge in [-0.3, -0.25) is 0 Å². The van der Waals surface area contributed by atoms with Crippen LogP contribution >= 0.6 is 28.1 Å². The summed E-state index contributed by atoms with van der Waals surface area (Å²) in [5.74, 6) is 0. The van der Waals surface area contributed by atoms with E-state index in [9.17, 15) is 0 Å². The Balaban J connectivity index is 1.73. The molecular formula is C22H23BrN2S. The quantitative estimate of drug-likeness (QED) is 0.596. The molecule has 2 aromatic rings. The van der Waals surface area contributed by atoms with Crippen LogP contribution in [0.25, 0.3) is 0 Å². The number of nitrogens with zero attached hydrogens (tertiary/aromatic N) is 1. The zero-order valence-electron chi connectivity index (χ0n) is 14.7. The monoisotopic (exact) mass is 426 g/mol. The lowest BCUT2D eigenvalue weighted by molar-refractivity contribution is 0.429. The SMILES string of the molecule is S=C1N[C@@H](c2cccc(Br)c2)C2=C(CCCCC2)N1Cc1ccccc1. The van der Waals surface area contributed by atoms with E-state index in [0.717, 1.165) is 29.0 Å². The van der Waals surface area contributed by atoms with Crippen molar-refractivity contribution in [3.05, 3.63) is 81.5 Å². The summed E-state index contributed by atoms with van der Waals surface area (Å²) in [5.41, 5.74) is 5.55. The van der Waals surface area contributed by atoms with E-state index < -0.39 is 0 Å². The maximum atomic E-state index is 5.82. The van der Waals surface area contributed by atoms with Gasteiger partial charge in [-0.1, -0.05) is 64.8 Å². The van der Waals surface area contributed by atoms with Gasteiger partial charge in [0, 0.05) is 16.7 Å². The largest absolute Gasteiger partial charge is 0.352 e. The summed E-state index contributed by atoms with van der Waals surface area (Å²) in [6, 6.07) is 19.4. The lowest BCUT2D eigenvalue weighted by Crippen LogP contribution is -2.46. The first-order valence-electron chi connectivity index (χ1n) is 9.32. The Hall–Kier alpha value is -1.65. The molecule has 0 spiro atoms. The van der Waals surface area contributed by atoms with E-state index in [-0.39, 0.29) is 6.04 Å². The third kappa shape index (κ3) is 3.72. The van der Waals surface area contributed by atoms with Gasteiger partial charge < -0.3 is 10.2 Å². The summed E-state index contributed by atoms with van der Waals surface area (Å²) in [4.78, 5) is 2.33. The van der Waals surface area contributed by atoms with E-state index >= 15 is 0 Å². The topological polar surface area (TPSA) is 15.3 Å². The van der Waals surface area contributed by atoms with Gasteiger partial charge in [0.15, 0.2) is 5.11 Å². The van der Waals surface area contributed by atoms with Gasteiger partial charge in [0.25, 0.3) is 0 Å². The number of rotatable bonds is 3. The predicted octanol–water partition coefficient (Wildman–Crippen LogP) is 6.10. The molecular weight excluding hydrogens is 404 g/mol. The first kappa shape index (κ1) is 17.7. The molecule has 0 aromatic heterocycles. The van der Waals surface area contributed by atoms with E-state index in [1.807, 2.05) is 0 Å². The molecule has 2 nitrogen and oxygen atoms in total. The maximum Gasteiger partial charge on any atom is 0.174 e. The molecule has 1 N–H and O–H groups in total. The van der Waals surface area contributed by atoms with E-state index in [4.69, 9.17) is 12.2 Å². The molecule has 1 heterocycles. The molecule has 0 bridgehead atoms. The molecule has 1 atom stereocenters. The number of hydrogen-bond donors (Lipinski definition) is 1. The third-order valence-electron chi connectivity index (χ3n) is 5.28. The molecule has 2 aromatic carbocycles. The van der Waals surface area contributed by atoms with Gasteiger partial charge in [0.2, 0.25) is 0 Å².